The van der Waals surface area contributed by atoms with Gasteiger partial charge < -0.3 is 19.3 Å². The standard InChI is InChI=1S/C26H32Cl2N2O4S/c1-17(2)19-8-6-7-9-20(19)35-21-11-10-18(22(27)23(21)28)16-33-24(31)29-12-14-30(15-13-29)25(32)34-26(3,4)5/h6-11,17H,12-16H2,1-5H3. The first-order valence-electron chi connectivity index (χ1n) is 11.6. The van der Waals surface area contributed by atoms with Crippen LogP contribution in [-0.2, 0) is 16.1 Å². The maximum Gasteiger partial charge on any atom is 0.410 e. The summed E-state index contributed by atoms with van der Waals surface area (Å²) in [5, 5.41) is 0.816. The van der Waals surface area contributed by atoms with E-state index in [-0.39, 0.29) is 12.7 Å². The van der Waals surface area contributed by atoms with Crippen LogP contribution in [0, 0.1) is 0 Å². The van der Waals surface area contributed by atoms with Crippen molar-refractivity contribution in [3.63, 3.8) is 0 Å². The second kappa shape index (κ2) is 11.8. The molecule has 0 bridgehead atoms. The summed E-state index contributed by atoms with van der Waals surface area (Å²) in [5.41, 5.74) is 1.33. The highest BCUT2D eigenvalue weighted by molar-refractivity contribution is 7.99. The summed E-state index contributed by atoms with van der Waals surface area (Å²) < 4.78 is 10.9. The summed E-state index contributed by atoms with van der Waals surface area (Å²) in [6.45, 7) is 11.3. The van der Waals surface area contributed by atoms with Crippen LogP contribution in [0.2, 0.25) is 10.0 Å². The number of carbonyl (C=O) groups is 2. The van der Waals surface area contributed by atoms with E-state index in [0.717, 1.165) is 9.79 Å². The zero-order chi connectivity index (χ0) is 25.8. The fraction of sp³-hybridized carbons (Fsp3) is 0.462. The first-order chi connectivity index (χ1) is 16.5. The van der Waals surface area contributed by atoms with Gasteiger partial charge in [0.15, 0.2) is 0 Å². The van der Waals surface area contributed by atoms with Gasteiger partial charge in [0, 0.05) is 41.5 Å². The molecule has 6 nitrogen and oxygen atoms in total. The van der Waals surface area contributed by atoms with Crippen LogP contribution in [0.5, 0.6) is 0 Å². The van der Waals surface area contributed by atoms with Gasteiger partial charge in [-0.1, -0.05) is 73.1 Å². The Balaban J connectivity index is 1.57. The van der Waals surface area contributed by atoms with Crippen LogP contribution in [0.25, 0.3) is 0 Å². The zero-order valence-corrected chi connectivity index (χ0v) is 23.1. The molecule has 3 rings (SSSR count). The van der Waals surface area contributed by atoms with Gasteiger partial charge in [0.1, 0.15) is 12.2 Å². The van der Waals surface area contributed by atoms with E-state index in [9.17, 15) is 9.59 Å². The van der Waals surface area contributed by atoms with Gasteiger partial charge in [0.05, 0.1) is 10.0 Å². The van der Waals surface area contributed by atoms with Crippen LogP contribution in [0.3, 0.4) is 0 Å². The number of ether oxygens (including phenoxy) is 2. The Bertz CT molecular complexity index is 1060. The predicted molar refractivity (Wildman–Crippen MR) is 141 cm³/mol. The molecule has 0 unspecified atom stereocenters. The normalized spacial score (nSPS) is 14.3. The lowest BCUT2D eigenvalue weighted by molar-refractivity contribution is 0.0125. The molecule has 0 aliphatic carbocycles. The SMILES string of the molecule is CC(C)c1ccccc1Sc1ccc(COC(=O)N2CCN(C(=O)OC(C)(C)C)CC2)c(Cl)c1Cl. The number of piperazine rings is 1. The number of halogens is 2. The molecule has 1 fully saturated rings. The lowest BCUT2D eigenvalue weighted by Crippen LogP contribution is -2.51. The molecule has 2 aromatic carbocycles. The summed E-state index contributed by atoms with van der Waals surface area (Å²) in [7, 11) is 0. The molecule has 9 heteroatoms. The highest BCUT2D eigenvalue weighted by atomic mass is 35.5. The molecular formula is C26H32Cl2N2O4S. The summed E-state index contributed by atoms with van der Waals surface area (Å²) in [6, 6.07) is 12.0. The molecule has 1 heterocycles. The smallest absolute Gasteiger partial charge is 0.410 e. The molecule has 0 aromatic heterocycles. The van der Waals surface area contributed by atoms with Crippen molar-refractivity contribution in [2.24, 2.45) is 0 Å². The van der Waals surface area contributed by atoms with Crippen molar-refractivity contribution < 1.29 is 19.1 Å². The number of rotatable bonds is 5. The first kappa shape index (κ1) is 27.5. The number of carbonyl (C=O) groups excluding carboxylic acids is 2. The van der Waals surface area contributed by atoms with Crippen molar-refractivity contribution in [3.05, 3.63) is 57.6 Å². The van der Waals surface area contributed by atoms with Crippen molar-refractivity contribution in [1.82, 2.24) is 9.80 Å². The van der Waals surface area contributed by atoms with Crippen LogP contribution in [0.15, 0.2) is 46.2 Å². The quantitative estimate of drug-likeness (QED) is 0.395. The minimum absolute atomic E-state index is 0.0111. The molecule has 2 amide bonds. The van der Waals surface area contributed by atoms with Gasteiger partial charge in [-0.05, 0) is 44.4 Å². The van der Waals surface area contributed by atoms with Gasteiger partial charge in [0.25, 0.3) is 0 Å². The van der Waals surface area contributed by atoms with E-state index < -0.39 is 11.7 Å². The van der Waals surface area contributed by atoms with Gasteiger partial charge >= 0.3 is 12.2 Å². The molecule has 0 spiro atoms. The Kier molecular flexibility index (Phi) is 9.24. The van der Waals surface area contributed by atoms with Crippen LogP contribution >= 0.6 is 35.0 Å². The minimum Gasteiger partial charge on any atom is -0.444 e. The van der Waals surface area contributed by atoms with Crippen molar-refractivity contribution in [2.45, 2.75) is 62.5 Å². The molecular weight excluding hydrogens is 507 g/mol. The zero-order valence-electron chi connectivity index (χ0n) is 20.8. The van der Waals surface area contributed by atoms with E-state index in [2.05, 4.69) is 26.0 Å². The highest BCUT2D eigenvalue weighted by Gasteiger charge is 2.28. The third-order valence-electron chi connectivity index (χ3n) is 5.43. The van der Waals surface area contributed by atoms with E-state index >= 15 is 0 Å². The molecule has 0 radical (unpaired) electrons. The third kappa shape index (κ3) is 7.45. The largest absolute Gasteiger partial charge is 0.444 e. The highest BCUT2D eigenvalue weighted by Crippen LogP contribution is 2.41. The van der Waals surface area contributed by atoms with E-state index in [4.69, 9.17) is 32.7 Å². The minimum atomic E-state index is -0.556. The van der Waals surface area contributed by atoms with E-state index in [1.54, 1.807) is 21.6 Å². The fourth-order valence-corrected chi connectivity index (χ4v) is 5.27. The fourth-order valence-electron chi connectivity index (χ4n) is 3.56. The monoisotopic (exact) mass is 538 g/mol. The molecule has 0 N–H and O–H groups in total. The predicted octanol–water partition coefficient (Wildman–Crippen LogP) is 7.46. The lowest BCUT2D eigenvalue weighted by atomic mass is 10.0. The number of nitrogens with zero attached hydrogens (tertiary/aromatic N) is 2. The molecule has 2 aromatic rings. The molecule has 35 heavy (non-hydrogen) atoms. The maximum absolute atomic E-state index is 12.6. The van der Waals surface area contributed by atoms with E-state index in [1.165, 1.54) is 5.56 Å². The van der Waals surface area contributed by atoms with Gasteiger partial charge in [-0.2, -0.15) is 0 Å². The number of amides is 2. The van der Waals surface area contributed by atoms with Crippen molar-refractivity contribution >= 4 is 47.2 Å². The first-order valence-corrected chi connectivity index (χ1v) is 13.2. The Morgan fingerprint density at radius 1 is 0.914 bits per heavy atom. The van der Waals surface area contributed by atoms with Gasteiger partial charge in [-0.25, -0.2) is 9.59 Å². The summed E-state index contributed by atoms with van der Waals surface area (Å²) in [6.07, 6.45) is -0.828. The van der Waals surface area contributed by atoms with Crippen LogP contribution in [0.4, 0.5) is 9.59 Å². The topological polar surface area (TPSA) is 59.1 Å². The van der Waals surface area contributed by atoms with Gasteiger partial charge in [-0.3, -0.25) is 0 Å². The van der Waals surface area contributed by atoms with Crippen molar-refractivity contribution in [1.29, 1.82) is 0 Å². The van der Waals surface area contributed by atoms with Gasteiger partial charge in [0.2, 0.25) is 0 Å². The molecule has 1 aliphatic heterocycles. The summed E-state index contributed by atoms with van der Waals surface area (Å²) in [5.74, 6) is 0.387. The van der Waals surface area contributed by atoms with Crippen LogP contribution in [-0.4, -0.2) is 53.8 Å². The second-order valence-electron chi connectivity index (χ2n) is 9.65. The second-order valence-corrected chi connectivity index (χ2v) is 11.5. The molecule has 0 atom stereocenters. The molecule has 1 saturated heterocycles. The van der Waals surface area contributed by atoms with Crippen molar-refractivity contribution in [2.75, 3.05) is 26.2 Å². The summed E-state index contributed by atoms with van der Waals surface area (Å²) in [4.78, 5) is 29.9. The average molecular weight is 540 g/mol. The Hall–Kier alpha value is -2.09. The number of hydrogen-bond acceptors (Lipinski definition) is 5. The van der Waals surface area contributed by atoms with E-state index in [1.807, 2.05) is 45.0 Å². The molecule has 1 aliphatic rings. The van der Waals surface area contributed by atoms with Crippen LogP contribution in [0.1, 0.15) is 51.7 Å². The van der Waals surface area contributed by atoms with Crippen molar-refractivity contribution in [3.8, 4) is 0 Å². The molecule has 0 saturated carbocycles. The molecule has 190 valence electrons. The Morgan fingerprint density at radius 2 is 1.51 bits per heavy atom. The van der Waals surface area contributed by atoms with Crippen LogP contribution < -0.4 is 0 Å². The lowest BCUT2D eigenvalue weighted by Gasteiger charge is -2.35. The van der Waals surface area contributed by atoms with Gasteiger partial charge in [-0.15, -0.1) is 0 Å². The number of benzene rings is 2. The average Bonchev–Trinajstić information content (AvgIpc) is 2.80. The summed E-state index contributed by atoms with van der Waals surface area (Å²) >= 11 is 14.7. The third-order valence-corrected chi connectivity index (χ3v) is 7.61. The Labute approximate surface area is 221 Å². The maximum atomic E-state index is 12.6. The number of hydrogen-bond donors (Lipinski definition) is 0. The van der Waals surface area contributed by atoms with E-state index in [0.29, 0.717) is 47.7 Å². The Morgan fingerprint density at radius 3 is 2.11 bits per heavy atom.